The Morgan fingerprint density at radius 3 is 2.12 bits per heavy atom. The highest BCUT2D eigenvalue weighted by molar-refractivity contribution is 5.83. The highest BCUT2D eigenvalue weighted by Gasteiger charge is 2.37. The third kappa shape index (κ3) is 6.84. The summed E-state index contributed by atoms with van der Waals surface area (Å²) in [5.74, 6) is -0.559. The monoisotopic (exact) mass is 347 g/mol. The van der Waals surface area contributed by atoms with Gasteiger partial charge < -0.3 is 9.47 Å². The Balaban J connectivity index is 2.82. The molecular weight excluding hydrogens is 320 g/mol. The Kier molecular flexibility index (Phi) is 6.36. The zero-order valence-electron chi connectivity index (χ0n) is 15.2. The molecule has 1 rings (SSSR count). The maximum atomic E-state index is 13.4. The molecule has 0 spiro atoms. The number of amides is 1. The van der Waals surface area contributed by atoms with Crippen LogP contribution in [0, 0.1) is 0 Å². The first-order valence-corrected chi connectivity index (χ1v) is 7.99. The SMILES string of the molecule is CC(C)(C)OC(=O)C=C1CCN(C(=O)OC(C)(C)C)C(C(F)F)C1. The third-order valence-electron chi connectivity index (χ3n) is 3.19. The minimum Gasteiger partial charge on any atom is -0.457 e. The number of esters is 1. The van der Waals surface area contributed by atoms with Gasteiger partial charge in [0.1, 0.15) is 11.2 Å². The van der Waals surface area contributed by atoms with Gasteiger partial charge in [-0.05, 0) is 54.4 Å². The molecular formula is C17H27F2NO4. The van der Waals surface area contributed by atoms with Crippen molar-refractivity contribution in [2.75, 3.05) is 6.54 Å². The largest absolute Gasteiger partial charge is 0.457 e. The minimum absolute atomic E-state index is 0.0733. The van der Waals surface area contributed by atoms with Gasteiger partial charge in [0.25, 0.3) is 6.43 Å². The molecule has 1 fully saturated rings. The van der Waals surface area contributed by atoms with Crippen LogP contribution in [0.1, 0.15) is 54.4 Å². The summed E-state index contributed by atoms with van der Waals surface area (Å²) >= 11 is 0. The van der Waals surface area contributed by atoms with Crippen molar-refractivity contribution in [2.45, 2.75) is 78.1 Å². The zero-order chi connectivity index (χ0) is 18.7. The Bertz CT molecular complexity index is 504. The van der Waals surface area contributed by atoms with Crippen molar-refractivity contribution in [3.05, 3.63) is 11.6 Å². The van der Waals surface area contributed by atoms with Crippen LogP contribution in [0.15, 0.2) is 11.6 Å². The highest BCUT2D eigenvalue weighted by atomic mass is 19.3. The highest BCUT2D eigenvalue weighted by Crippen LogP contribution is 2.28. The number of ether oxygens (including phenoxy) is 2. The van der Waals surface area contributed by atoms with E-state index in [0.29, 0.717) is 12.0 Å². The van der Waals surface area contributed by atoms with Crippen LogP contribution in [-0.2, 0) is 14.3 Å². The van der Waals surface area contributed by atoms with E-state index < -0.39 is 35.7 Å². The van der Waals surface area contributed by atoms with E-state index in [4.69, 9.17) is 9.47 Å². The number of rotatable bonds is 2. The van der Waals surface area contributed by atoms with Gasteiger partial charge in [0, 0.05) is 12.6 Å². The lowest BCUT2D eigenvalue weighted by atomic mass is 9.96. The molecule has 0 aromatic rings. The second kappa shape index (κ2) is 7.49. The van der Waals surface area contributed by atoms with Crippen LogP contribution in [0.2, 0.25) is 0 Å². The molecule has 1 aliphatic rings. The molecule has 0 aliphatic carbocycles. The minimum atomic E-state index is -2.72. The summed E-state index contributed by atoms with van der Waals surface area (Å²) in [6, 6.07) is -1.30. The van der Waals surface area contributed by atoms with Crippen LogP contribution >= 0.6 is 0 Å². The molecule has 0 saturated carbocycles. The van der Waals surface area contributed by atoms with Crippen molar-refractivity contribution < 1.29 is 27.8 Å². The van der Waals surface area contributed by atoms with E-state index in [-0.39, 0.29) is 13.0 Å². The quantitative estimate of drug-likeness (QED) is 0.561. The molecule has 138 valence electrons. The molecule has 1 aliphatic heterocycles. The first kappa shape index (κ1) is 20.4. The van der Waals surface area contributed by atoms with Crippen molar-refractivity contribution in [2.24, 2.45) is 0 Å². The average Bonchev–Trinajstić information content (AvgIpc) is 2.33. The third-order valence-corrected chi connectivity index (χ3v) is 3.19. The molecule has 1 atom stereocenters. The fraction of sp³-hybridized carbons (Fsp3) is 0.765. The van der Waals surface area contributed by atoms with Gasteiger partial charge in [0.05, 0.1) is 6.04 Å². The predicted octanol–water partition coefficient (Wildman–Crippen LogP) is 3.92. The lowest BCUT2D eigenvalue weighted by Gasteiger charge is -2.37. The number of hydrogen-bond acceptors (Lipinski definition) is 4. The van der Waals surface area contributed by atoms with Crippen molar-refractivity contribution in [3.8, 4) is 0 Å². The molecule has 1 unspecified atom stereocenters. The van der Waals surface area contributed by atoms with E-state index in [9.17, 15) is 18.4 Å². The lowest BCUT2D eigenvalue weighted by Crippen LogP contribution is -2.49. The van der Waals surface area contributed by atoms with Crippen LogP contribution in [0.25, 0.3) is 0 Å². The molecule has 1 amide bonds. The van der Waals surface area contributed by atoms with Gasteiger partial charge in [-0.15, -0.1) is 0 Å². The number of carbonyl (C=O) groups excluding carboxylic acids is 2. The van der Waals surface area contributed by atoms with Gasteiger partial charge in [-0.2, -0.15) is 0 Å². The average molecular weight is 347 g/mol. The maximum Gasteiger partial charge on any atom is 0.410 e. The second-order valence-corrected chi connectivity index (χ2v) is 7.87. The molecule has 1 heterocycles. The zero-order valence-corrected chi connectivity index (χ0v) is 15.2. The molecule has 24 heavy (non-hydrogen) atoms. The molecule has 0 radical (unpaired) electrons. The van der Waals surface area contributed by atoms with Gasteiger partial charge >= 0.3 is 12.1 Å². The van der Waals surface area contributed by atoms with Gasteiger partial charge in [-0.1, -0.05) is 5.57 Å². The van der Waals surface area contributed by atoms with Gasteiger partial charge in [-0.25, -0.2) is 18.4 Å². The van der Waals surface area contributed by atoms with Gasteiger partial charge in [0.2, 0.25) is 0 Å². The number of halogens is 2. The first-order valence-electron chi connectivity index (χ1n) is 7.99. The fourth-order valence-corrected chi connectivity index (χ4v) is 2.31. The van der Waals surface area contributed by atoms with Crippen LogP contribution in [-0.4, -0.2) is 47.2 Å². The topological polar surface area (TPSA) is 55.8 Å². The first-order chi connectivity index (χ1) is 10.8. The molecule has 0 bridgehead atoms. The lowest BCUT2D eigenvalue weighted by molar-refractivity contribution is -0.148. The molecule has 5 nitrogen and oxygen atoms in total. The smallest absolute Gasteiger partial charge is 0.410 e. The summed E-state index contributed by atoms with van der Waals surface area (Å²) < 4.78 is 37.1. The summed E-state index contributed by atoms with van der Waals surface area (Å²) in [4.78, 5) is 25.0. The number of hydrogen-bond donors (Lipinski definition) is 0. The van der Waals surface area contributed by atoms with Crippen LogP contribution < -0.4 is 0 Å². The maximum absolute atomic E-state index is 13.4. The van der Waals surface area contributed by atoms with Crippen molar-refractivity contribution in [1.82, 2.24) is 4.90 Å². The van der Waals surface area contributed by atoms with Gasteiger partial charge in [0.15, 0.2) is 0 Å². The van der Waals surface area contributed by atoms with Crippen LogP contribution in [0.3, 0.4) is 0 Å². The van der Waals surface area contributed by atoms with Crippen LogP contribution in [0.5, 0.6) is 0 Å². The van der Waals surface area contributed by atoms with E-state index >= 15 is 0 Å². The summed E-state index contributed by atoms with van der Waals surface area (Å²) in [6.45, 7) is 10.3. The molecule has 0 aromatic heterocycles. The van der Waals surface area contributed by atoms with Crippen molar-refractivity contribution in [3.63, 3.8) is 0 Å². The van der Waals surface area contributed by atoms with E-state index in [0.717, 1.165) is 4.90 Å². The number of likely N-dealkylation sites (tertiary alicyclic amines) is 1. The number of piperidine rings is 1. The Labute approximate surface area is 142 Å². The summed E-state index contributed by atoms with van der Waals surface area (Å²) in [5.41, 5.74) is -0.849. The molecule has 7 heteroatoms. The molecule has 0 aromatic carbocycles. The van der Waals surface area contributed by atoms with E-state index in [1.807, 2.05) is 0 Å². The Morgan fingerprint density at radius 1 is 1.12 bits per heavy atom. The molecule has 1 saturated heterocycles. The standard InChI is InChI=1S/C17H27F2NO4/c1-16(2,3)23-13(21)10-11-7-8-20(12(9-11)14(18)19)15(22)24-17(4,5)6/h10,12,14H,7-9H2,1-6H3. The Morgan fingerprint density at radius 2 is 1.67 bits per heavy atom. The Hall–Kier alpha value is -1.66. The summed E-state index contributed by atoms with van der Waals surface area (Å²) in [7, 11) is 0. The molecule has 0 N–H and O–H groups in total. The van der Waals surface area contributed by atoms with Crippen molar-refractivity contribution >= 4 is 12.1 Å². The summed E-state index contributed by atoms with van der Waals surface area (Å²) in [5, 5.41) is 0. The second-order valence-electron chi connectivity index (χ2n) is 7.87. The van der Waals surface area contributed by atoms with Gasteiger partial charge in [-0.3, -0.25) is 4.90 Å². The van der Waals surface area contributed by atoms with Crippen molar-refractivity contribution in [1.29, 1.82) is 0 Å². The van der Waals surface area contributed by atoms with E-state index in [2.05, 4.69) is 0 Å². The number of nitrogens with zero attached hydrogens (tertiary/aromatic N) is 1. The normalized spacial score (nSPS) is 21.1. The number of carbonyl (C=O) groups is 2. The predicted molar refractivity (Wildman–Crippen MR) is 85.9 cm³/mol. The fourth-order valence-electron chi connectivity index (χ4n) is 2.31. The van der Waals surface area contributed by atoms with Crippen LogP contribution in [0.4, 0.5) is 13.6 Å². The number of alkyl halides is 2. The summed E-state index contributed by atoms with van der Waals surface area (Å²) in [6.07, 6.45) is -1.96. The van der Waals surface area contributed by atoms with E-state index in [1.165, 1.54) is 6.08 Å². The van der Waals surface area contributed by atoms with E-state index in [1.54, 1.807) is 41.5 Å².